The fourth-order valence-corrected chi connectivity index (χ4v) is 3.21. The van der Waals surface area contributed by atoms with E-state index in [-0.39, 0.29) is 16.7 Å². The first-order valence-corrected chi connectivity index (χ1v) is 9.30. The minimum atomic E-state index is -0.504. The van der Waals surface area contributed by atoms with Crippen LogP contribution < -0.4 is 15.0 Å². The highest BCUT2D eigenvalue weighted by atomic mass is 19.1. The van der Waals surface area contributed by atoms with Crippen LogP contribution in [0.4, 0.5) is 15.8 Å². The van der Waals surface area contributed by atoms with Gasteiger partial charge in [-0.25, -0.2) is 9.29 Å². The van der Waals surface area contributed by atoms with Crippen LogP contribution in [0.3, 0.4) is 0 Å². The monoisotopic (exact) mass is 404 g/mol. The highest BCUT2D eigenvalue weighted by Crippen LogP contribution is 2.30. The fourth-order valence-electron chi connectivity index (χ4n) is 3.21. The molecule has 6 nitrogen and oxygen atoms in total. The van der Waals surface area contributed by atoms with Crippen LogP contribution in [-0.2, 0) is 0 Å². The second-order valence-electron chi connectivity index (χ2n) is 6.59. The number of anilines is 2. The molecular formula is C23H17FN2O4. The molecule has 30 heavy (non-hydrogen) atoms. The Hall–Kier alpha value is -4.00. The van der Waals surface area contributed by atoms with Crippen LogP contribution in [0.2, 0.25) is 0 Å². The van der Waals surface area contributed by atoms with Crippen molar-refractivity contribution in [2.75, 3.05) is 16.8 Å². The van der Waals surface area contributed by atoms with Gasteiger partial charge in [0.1, 0.15) is 11.6 Å². The number of rotatable bonds is 5. The van der Waals surface area contributed by atoms with Crippen molar-refractivity contribution in [1.29, 1.82) is 0 Å². The molecule has 0 aliphatic carbocycles. The maximum atomic E-state index is 13.0. The highest BCUT2D eigenvalue weighted by Gasteiger charge is 2.37. The quantitative estimate of drug-likeness (QED) is 0.644. The smallest absolute Gasteiger partial charge is 0.266 e. The summed E-state index contributed by atoms with van der Waals surface area (Å²) in [4.78, 5) is 39.2. The van der Waals surface area contributed by atoms with Gasteiger partial charge >= 0.3 is 0 Å². The summed E-state index contributed by atoms with van der Waals surface area (Å²) in [7, 11) is 0. The van der Waals surface area contributed by atoms with Crippen LogP contribution in [0.25, 0.3) is 0 Å². The summed E-state index contributed by atoms with van der Waals surface area (Å²) in [6, 6.07) is 16.3. The van der Waals surface area contributed by atoms with Gasteiger partial charge in [-0.15, -0.1) is 0 Å². The van der Waals surface area contributed by atoms with Crippen molar-refractivity contribution < 1.29 is 23.5 Å². The minimum Gasteiger partial charge on any atom is -0.494 e. The van der Waals surface area contributed by atoms with Crippen molar-refractivity contribution in [3.63, 3.8) is 0 Å². The molecule has 0 saturated heterocycles. The third kappa shape index (κ3) is 3.53. The van der Waals surface area contributed by atoms with E-state index in [1.165, 1.54) is 42.5 Å². The van der Waals surface area contributed by atoms with E-state index >= 15 is 0 Å². The Morgan fingerprint density at radius 2 is 1.60 bits per heavy atom. The van der Waals surface area contributed by atoms with E-state index in [2.05, 4.69) is 5.32 Å². The van der Waals surface area contributed by atoms with E-state index in [0.29, 0.717) is 23.7 Å². The van der Waals surface area contributed by atoms with E-state index in [9.17, 15) is 18.8 Å². The number of hydrogen-bond acceptors (Lipinski definition) is 4. The van der Waals surface area contributed by atoms with E-state index in [4.69, 9.17) is 4.74 Å². The van der Waals surface area contributed by atoms with Crippen molar-refractivity contribution in [3.05, 3.63) is 89.2 Å². The molecule has 1 aliphatic heterocycles. The Morgan fingerprint density at radius 1 is 0.933 bits per heavy atom. The number of fused-ring (bicyclic) bond motifs is 1. The lowest BCUT2D eigenvalue weighted by Crippen LogP contribution is -2.29. The number of carbonyl (C=O) groups is 3. The predicted molar refractivity (Wildman–Crippen MR) is 110 cm³/mol. The van der Waals surface area contributed by atoms with Crippen LogP contribution in [0, 0.1) is 5.82 Å². The molecule has 1 aliphatic rings. The van der Waals surface area contributed by atoms with Crippen molar-refractivity contribution >= 4 is 29.1 Å². The average Bonchev–Trinajstić information content (AvgIpc) is 3.00. The van der Waals surface area contributed by atoms with Gasteiger partial charge in [-0.2, -0.15) is 0 Å². The number of imide groups is 1. The van der Waals surface area contributed by atoms with Crippen LogP contribution >= 0.6 is 0 Å². The highest BCUT2D eigenvalue weighted by molar-refractivity contribution is 6.34. The molecule has 7 heteroatoms. The standard InChI is InChI=1S/C23H17FN2O4/c1-2-30-18-10-8-17(9-11-18)26-22(28)19-12-3-14(13-20(19)23(26)29)21(27)25-16-6-4-15(24)5-7-16/h3-13H,2H2,1H3,(H,25,27). The average molecular weight is 404 g/mol. The predicted octanol–water partition coefficient (Wildman–Crippen LogP) is 4.28. The summed E-state index contributed by atoms with van der Waals surface area (Å²) >= 11 is 0. The van der Waals surface area contributed by atoms with Crippen LogP contribution in [0.15, 0.2) is 66.7 Å². The number of halogens is 1. The number of ether oxygens (including phenoxy) is 1. The van der Waals surface area contributed by atoms with E-state index in [1.54, 1.807) is 24.3 Å². The molecule has 0 saturated carbocycles. The Labute approximate surface area is 171 Å². The Kier molecular flexibility index (Phi) is 5.02. The molecule has 150 valence electrons. The zero-order valence-corrected chi connectivity index (χ0v) is 16.0. The van der Waals surface area contributed by atoms with E-state index < -0.39 is 23.5 Å². The zero-order chi connectivity index (χ0) is 21.3. The molecule has 0 bridgehead atoms. The molecule has 3 aromatic carbocycles. The molecule has 3 amide bonds. The summed E-state index contributed by atoms with van der Waals surface area (Å²) in [6.07, 6.45) is 0. The van der Waals surface area contributed by atoms with Gasteiger partial charge in [-0.1, -0.05) is 0 Å². The van der Waals surface area contributed by atoms with Crippen LogP contribution in [-0.4, -0.2) is 24.3 Å². The molecule has 0 atom stereocenters. The molecular weight excluding hydrogens is 387 g/mol. The van der Waals surface area contributed by atoms with Crippen LogP contribution in [0.1, 0.15) is 38.0 Å². The maximum absolute atomic E-state index is 13.0. The summed E-state index contributed by atoms with van der Waals surface area (Å²) in [5.41, 5.74) is 1.43. The molecule has 0 fully saturated rings. The molecule has 0 radical (unpaired) electrons. The fraction of sp³-hybridized carbons (Fsp3) is 0.0870. The van der Waals surface area contributed by atoms with Gasteiger partial charge in [0, 0.05) is 11.3 Å². The lowest BCUT2D eigenvalue weighted by molar-refractivity contribution is 0.0925. The normalized spacial score (nSPS) is 12.7. The van der Waals surface area contributed by atoms with Gasteiger partial charge in [0.15, 0.2) is 0 Å². The summed E-state index contributed by atoms with van der Waals surface area (Å²) in [5.74, 6) is -1.20. The maximum Gasteiger partial charge on any atom is 0.266 e. The number of amides is 3. The summed E-state index contributed by atoms with van der Waals surface area (Å²) in [6.45, 7) is 2.37. The largest absolute Gasteiger partial charge is 0.494 e. The molecule has 1 heterocycles. The molecule has 0 unspecified atom stereocenters. The Morgan fingerprint density at radius 3 is 2.27 bits per heavy atom. The van der Waals surface area contributed by atoms with Crippen molar-refractivity contribution in [2.45, 2.75) is 6.92 Å². The van der Waals surface area contributed by atoms with Crippen molar-refractivity contribution in [1.82, 2.24) is 0 Å². The first-order chi connectivity index (χ1) is 14.5. The van der Waals surface area contributed by atoms with E-state index in [0.717, 1.165) is 4.90 Å². The molecule has 1 N–H and O–H groups in total. The molecule has 0 aromatic heterocycles. The van der Waals surface area contributed by atoms with Gasteiger partial charge in [0.2, 0.25) is 0 Å². The minimum absolute atomic E-state index is 0.153. The lowest BCUT2D eigenvalue weighted by Gasteiger charge is -2.14. The summed E-state index contributed by atoms with van der Waals surface area (Å²) < 4.78 is 18.4. The number of nitrogens with zero attached hydrogens (tertiary/aromatic N) is 1. The first kappa shape index (κ1) is 19.3. The van der Waals surface area contributed by atoms with Gasteiger partial charge < -0.3 is 10.1 Å². The number of nitrogens with one attached hydrogen (secondary N) is 1. The summed E-state index contributed by atoms with van der Waals surface area (Å²) in [5, 5.41) is 2.63. The van der Waals surface area contributed by atoms with Gasteiger partial charge in [0.05, 0.1) is 23.4 Å². The first-order valence-electron chi connectivity index (χ1n) is 9.30. The van der Waals surface area contributed by atoms with Gasteiger partial charge in [-0.05, 0) is 73.7 Å². The van der Waals surface area contributed by atoms with Gasteiger partial charge in [0.25, 0.3) is 17.7 Å². The van der Waals surface area contributed by atoms with Gasteiger partial charge in [-0.3, -0.25) is 14.4 Å². The second-order valence-corrected chi connectivity index (χ2v) is 6.59. The number of benzene rings is 3. The number of carbonyl (C=O) groups excluding carboxylic acids is 3. The second kappa shape index (κ2) is 7.79. The Bertz CT molecular complexity index is 1140. The lowest BCUT2D eigenvalue weighted by atomic mass is 10.1. The third-order valence-corrected chi connectivity index (χ3v) is 4.66. The number of hydrogen-bond donors (Lipinski definition) is 1. The topological polar surface area (TPSA) is 75.7 Å². The van der Waals surface area contributed by atoms with Crippen molar-refractivity contribution in [2.24, 2.45) is 0 Å². The van der Waals surface area contributed by atoms with Crippen LogP contribution in [0.5, 0.6) is 5.75 Å². The molecule has 0 spiro atoms. The zero-order valence-electron chi connectivity index (χ0n) is 16.0. The van der Waals surface area contributed by atoms with E-state index in [1.807, 2.05) is 6.92 Å². The SMILES string of the molecule is CCOc1ccc(N2C(=O)c3ccc(C(=O)Nc4ccc(F)cc4)cc3C2=O)cc1. The Balaban J connectivity index is 1.58. The molecule has 4 rings (SSSR count). The molecule has 3 aromatic rings. The van der Waals surface area contributed by atoms with Crippen molar-refractivity contribution in [3.8, 4) is 5.75 Å². The third-order valence-electron chi connectivity index (χ3n) is 4.66.